The third-order valence-electron chi connectivity index (χ3n) is 4.21. The maximum atomic E-state index is 12.5. The molecule has 6 nitrogen and oxygen atoms in total. The molecule has 0 aromatic heterocycles. The molecule has 1 aromatic rings. The first-order valence-electron chi connectivity index (χ1n) is 9.56. The second-order valence-electron chi connectivity index (χ2n) is 6.97. The van der Waals surface area contributed by atoms with Crippen molar-refractivity contribution in [1.82, 2.24) is 10.2 Å². The molecule has 1 heterocycles. The van der Waals surface area contributed by atoms with Gasteiger partial charge in [-0.2, -0.15) is 0 Å². The zero-order chi connectivity index (χ0) is 20.0. The number of carbonyl (C=O) groups excluding carboxylic acids is 2. The fourth-order valence-corrected chi connectivity index (χ4v) is 3.02. The molecule has 2 rings (SSSR count). The molecule has 6 heteroatoms. The lowest BCUT2D eigenvalue weighted by Gasteiger charge is -2.19. The Kier molecular flexibility index (Phi) is 7.28. The van der Waals surface area contributed by atoms with Gasteiger partial charge in [0.15, 0.2) is 0 Å². The van der Waals surface area contributed by atoms with Crippen LogP contribution in [0.4, 0.5) is 0 Å². The van der Waals surface area contributed by atoms with Crippen molar-refractivity contribution >= 4 is 17.9 Å². The lowest BCUT2D eigenvalue weighted by atomic mass is 10.1. The monoisotopic (exact) mass is 374 g/mol. The van der Waals surface area contributed by atoms with Crippen molar-refractivity contribution in [3.8, 4) is 11.5 Å². The number of hydrogen-bond acceptors (Lipinski definition) is 4. The number of amides is 2. The predicted octanol–water partition coefficient (Wildman–Crippen LogP) is 2.80. The summed E-state index contributed by atoms with van der Waals surface area (Å²) in [6.07, 6.45) is 4.20. The van der Waals surface area contributed by atoms with Crippen LogP contribution in [0.5, 0.6) is 11.5 Å². The summed E-state index contributed by atoms with van der Waals surface area (Å²) in [6.45, 7) is 10.6. The van der Waals surface area contributed by atoms with Gasteiger partial charge in [-0.3, -0.25) is 9.59 Å². The Bertz CT molecular complexity index is 712. The summed E-state index contributed by atoms with van der Waals surface area (Å²) in [5.74, 6) is 1.19. The Morgan fingerprint density at radius 2 is 2.11 bits per heavy atom. The van der Waals surface area contributed by atoms with E-state index in [9.17, 15) is 9.59 Å². The van der Waals surface area contributed by atoms with Gasteiger partial charge in [0.1, 0.15) is 17.6 Å². The van der Waals surface area contributed by atoms with E-state index in [-0.39, 0.29) is 30.5 Å². The van der Waals surface area contributed by atoms with Crippen molar-refractivity contribution < 1.29 is 19.1 Å². The molecule has 2 amide bonds. The van der Waals surface area contributed by atoms with Gasteiger partial charge in [0.2, 0.25) is 11.8 Å². The summed E-state index contributed by atoms with van der Waals surface area (Å²) < 4.78 is 11.5. The van der Waals surface area contributed by atoms with Crippen LogP contribution in [-0.2, 0) is 16.0 Å². The molecule has 148 valence electrons. The number of fused-ring (bicyclic) bond motifs is 1. The average Bonchev–Trinajstić information content (AvgIpc) is 2.95. The largest absolute Gasteiger partial charge is 0.493 e. The van der Waals surface area contributed by atoms with E-state index in [2.05, 4.69) is 5.32 Å². The van der Waals surface area contributed by atoms with Crippen LogP contribution in [0, 0.1) is 0 Å². The molecule has 0 fully saturated rings. The summed E-state index contributed by atoms with van der Waals surface area (Å²) in [5, 5.41) is 2.80. The van der Waals surface area contributed by atoms with Crippen molar-refractivity contribution in [3.05, 3.63) is 29.3 Å². The number of hydrogen-bond donors (Lipinski definition) is 1. The Morgan fingerprint density at radius 1 is 1.37 bits per heavy atom. The molecular weight excluding hydrogens is 344 g/mol. The average molecular weight is 374 g/mol. The molecule has 1 aliphatic heterocycles. The van der Waals surface area contributed by atoms with Gasteiger partial charge in [-0.15, -0.1) is 0 Å². The van der Waals surface area contributed by atoms with E-state index in [0.717, 1.165) is 29.0 Å². The van der Waals surface area contributed by atoms with Crippen LogP contribution in [-0.4, -0.2) is 48.6 Å². The normalized spacial score (nSPS) is 15.6. The van der Waals surface area contributed by atoms with Gasteiger partial charge >= 0.3 is 0 Å². The van der Waals surface area contributed by atoms with Gasteiger partial charge in [-0.25, -0.2) is 0 Å². The number of rotatable bonds is 8. The zero-order valence-corrected chi connectivity index (χ0v) is 16.9. The minimum atomic E-state index is -0.214. The van der Waals surface area contributed by atoms with Crippen LogP contribution in [0.3, 0.4) is 0 Å². The molecule has 0 aliphatic carbocycles. The van der Waals surface area contributed by atoms with Crippen molar-refractivity contribution in [2.45, 2.75) is 53.2 Å². The molecule has 1 aliphatic rings. The number of nitrogens with zero attached hydrogens (tertiary/aromatic N) is 1. The molecule has 0 saturated carbocycles. The van der Waals surface area contributed by atoms with Crippen LogP contribution in [0.25, 0.3) is 6.08 Å². The van der Waals surface area contributed by atoms with Crippen LogP contribution >= 0.6 is 0 Å². The molecule has 1 N–H and O–H groups in total. The molecule has 27 heavy (non-hydrogen) atoms. The summed E-state index contributed by atoms with van der Waals surface area (Å²) >= 11 is 0. The standard InChI is InChI=1S/C21H30N2O4/c1-6-23(13-20(24)22-14(3)4)21(25)9-8-16-11-19-17(10-15(5)27-19)12-18(16)26-7-2/h8-9,11-12,14-15H,6-7,10,13H2,1-5H3,(H,22,24)/b9-8+. The van der Waals surface area contributed by atoms with Gasteiger partial charge in [0, 0.05) is 36.2 Å². The number of ether oxygens (including phenoxy) is 2. The van der Waals surface area contributed by atoms with E-state index in [1.807, 2.05) is 46.8 Å². The highest BCUT2D eigenvalue weighted by Gasteiger charge is 2.21. The van der Waals surface area contributed by atoms with Gasteiger partial charge < -0.3 is 19.7 Å². The van der Waals surface area contributed by atoms with Crippen molar-refractivity contribution in [3.63, 3.8) is 0 Å². The highest BCUT2D eigenvalue weighted by Crippen LogP contribution is 2.35. The molecule has 1 aromatic carbocycles. The third-order valence-corrected chi connectivity index (χ3v) is 4.21. The molecule has 1 atom stereocenters. The maximum absolute atomic E-state index is 12.5. The smallest absolute Gasteiger partial charge is 0.247 e. The Morgan fingerprint density at radius 3 is 2.74 bits per heavy atom. The minimum absolute atomic E-state index is 0.0426. The third kappa shape index (κ3) is 5.74. The molecule has 0 bridgehead atoms. The Balaban J connectivity index is 2.14. The van der Waals surface area contributed by atoms with E-state index >= 15 is 0 Å². The van der Waals surface area contributed by atoms with Crippen molar-refractivity contribution in [2.75, 3.05) is 19.7 Å². The van der Waals surface area contributed by atoms with Gasteiger partial charge in [-0.05, 0) is 52.8 Å². The Labute approximate surface area is 161 Å². The zero-order valence-electron chi connectivity index (χ0n) is 16.9. The highest BCUT2D eigenvalue weighted by molar-refractivity contribution is 5.94. The van der Waals surface area contributed by atoms with Crippen molar-refractivity contribution in [2.24, 2.45) is 0 Å². The van der Waals surface area contributed by atoms with Crippen LogP contribution in [0.1, 0.15) is 45.7 Å². The topological polar surface area (TPSA) is 67.9 Å². The fourth-order valence-electron chi connectivity index (χ4n) is 3.02. The summed E-state index contributed by atoms with van der Waals surface area (Å²) in [5.41, 5.74) is 1.91. The summed E-state index contributed by atoms with van der Waals surface area (Å²) in [4.78, 5) is 25.9. The van der Waals surface area contributed by atoms with Gasteiger partial charge in [0.05, 0.1) is 13.2 Å². The number of nitrogens with one attached hydrogen (secondary N) is 1. The first-order valence-corrected chi connectivity index (χ1v) is 9.56. The van der Waals surface area contributed by atoms with Crippen LogP contribution in [0.2, 0.25) is 0 Å². The second kappa shape index (κ2) is 9.44. The van der Waals surface area contributed by atoms with Gasteiger partial charge in [-0.1, -0.05) is 0 Å². The minimum Gasteiger partial charge on any atom is -0.493 e. The Hall–Kier alpha value is -2.50. The van der Waals surface area contributed by atoms with E-state index in [1.54, 1.807) is 6.08 Å². The molecule has 1 unspecified atom stereocenters. The lowest BCUT2D eigenvalue weighted by molar-refractivity contribution is -0.132. The summed E-state index contributed by atoms with van der Waals surface area (Å²) in [7, 11) is 0. The number of carbonyl (C=O) groups is 2. The highest BCUT2D eigenvalue weighted by atomic mass is 16.5. The lowest BCUT2D eigenvalue weighted by Crippen LogP contribution is -2.42. The van der Waals surface area contributed by atoms with E-state index < -0.39 is 0 Å². The molecule has 0 saturated heterocycles. The van der Waals surface area contributed by atoms with Crippen LogP contribution < -0.4 is 14.8 Å². The number of likely N-dealkylation sites (N-methyl/N-ethyl adjacent to an activating group) is 1. The first kappa shape index (κ1) is 20.8. The SMILES string of the molecule is CCOc1cc2c(cc1/C=C/C(=O)N(CC)CC(=O)NC(C)C)OC(C)C2. The first-order chi connectivity index (χ1) is 12.8. The quantitative estimate of drug-likeness (QED) is 0.711. The van der Waals surface area contributed by atoms with E-state index in [4.69, 9.17) is 9.47 Å². The van der Waals surface area contributed by atoms with E-state index in [0.29, 0.717) is 13.2 Å². The maximum Gasteiger partial charge on any atom is 0.247 e. The fraction of sp³-hybridized carbons (Fsp3) is 0.524. The van der Waals surface area contributed by atoms with E-state index in [1.165, 1.54) is 11.0 Å². The second-order valence-corrected chi connectivity index (χ2v) is 6.97. The molecular formula is C21H30N2O4. The predicted molar refractivity (Wildman–Crippen MR) is 106 cm³/mol. The number of benzene rings is 1. The van der Waals surface area contributed by atoms with Crippen LogP contribution in [0.15, 0.2) is 18.2 Å². The van der Waals surface area contributed by atoms with Crippen molar-refractivity contribution in [1.29, 1.82) is 0 Å². The van der Waals surface area contributed by atoms with Gasteiger partial charge in [0.25, 0.3) is 0 Å². The molecule has 0 radical (unpaired) electrons. The summed E-state index contributed by atoms with van der Waals surface area (Å²) in [6, 6.07) is 3.94. The molecule has 0 spiro atoms.